The number of benzene rings is 2. The molecule has 0 aliphatic rings. The topological polar surface area (TPSA) is 54.0 Å². The second-order valence-electron chi connectivity index (χ2n) is 6.96. The van der Waals surface area contributed by atoms with E-state index in [1.165, 1.54) is 0 Å². The molecule has 0 atom stereocenters. The van der Waals surface area contributed by atoms with E-state index >= 15 is 0 Å². The smallest absolute Gasteiger partial charge is 0.231 e. The van der Waals surface area contributed by atoms with Gasteiger partial charge in [0, 0.05) is 19.9 Å². The fourth-order valence-electron chi connectivity index (χ4n) is 2.29. The van der Waals surface area contributed by atoms with E-state index in [0.717, 1.165) is 35.4 Å². The minimum atomic E-state index is -0.529. The van der Waals surface area contributed by atoms with E-state index in [1.807, 2.05) is 57.2 Å². The maximum absolute atomic E-state index is 12.2. The van der Waals surface area contributed by atoms with Gasteiger partial charge in [-0.3, -0.25) is 4.79 Å². The monoisotopic (exact) mass is 525 g/mol. The second kappa shape index (κ2) is 7.95. The zero-order chi connectivity index (χ0) is 19.8. The maximum atomic E-state index is 12.2. The zero-order valence-electron chi connectivity index (χ0n) is 14.9. The minimum absolute atomic E-state index is 0.144. The lowest BCUT2D eigenvalue weighted by Gasteiger charge is -2.20. The highest BCUT2D eigenvalue weighted by Crippen LogP contribution is 2.40. The summed E-state index contributed by atoms with van der Waals surface area (Å²) in [4.78, 5) is 16.9. The predicted octanol–water partition coefficient (Wildman–Crippen LogP) is 6.35. The highest BCUT2D eigenvalue weighted by Gasteiger charge is 2.23. The number of para-hydroxylation sites is 1. The van der Waals surface area contributed by atoms with E-state index in [1.54, 1.807) is 11.3 Å². The van der Waals surface area contributed by atoms with Crippen LogP contribution < -0.4 is 10.6 Å². The summed E-state index contributed by atoms with van der Waals surface area (Å²) in [5, 5.41) is 7.01. The van der Waals surface area contributed by atoms with E-state index < -0.39 is 5.41 Å². The van der Waals surface area contributed by atoms with Gasteiger partial charge in [-0.15, -0.1) is 11.3 Å². The Morgan fingerprint density at radius 2 is 1.89 bits per heavy atom. The third kappa shape index (κ3) is 4.74. The largest absolute Gasteiger partial charge is 0.331 e. The Hall–Kier alpha value is -1.35. The molecule has 0 spiro atoms. The number of amides is 1. The molecule has 0 aliphatic carbocycles. The van der Waals surface area contributed by atoms with Gasteiger partial charge in [-0.05, 0) is 52.4 Å². The van der Waals surface area contributed by atoms with Crippen LogP contribution >= 0.6 is 55.4 Å². The Balaban J connectivity index is 1.98. The van der Waals surface area contributed by atoms with Gasteiger partial charge in [0.05, 0.1) is 15.9 Å². The quantitative estimate of drug-likeness (QED) is 0.382. The Morgan fingerprint density at radius 1 is 1.19 bits per heavy atom. The molecule has 0 fully saturated rings. The van der Waals surface area contributed by atoms with E-state index in [2.05, 4.69) is 42.5 Å². The van der Waals surface area contributed by atoms with Crippen LogP contribution in [0.1, 0.15) is 20.8 Å². The number of aromatic nitrogens is 1. The van der Waals surface area contributed by atoms with Crippen LogP contribution in [-0.4, -0.2) is 16.0 Å². The van der Waals surface area contributed by atoms with Gasteiger partial charge in [0.1, 0.15) is 5.01 Å². The third-order valence-electron chi connectivity index (χ3n) is 3.73. The minimum Gasteiger partial charge on any atom is -0.331 e. The summed E-state index contributed by atoms with van der Waals surface area (Å²) in [5.41, 5.74) is 2.07. The van der Waals surface area contributed by atoms with Crippen molar-refractivity contribution in [1.29, 1.82) is 0 Å². The zero-order valence-corrected chi connectivity index (χ0v) is 19.7. The molecule has 4 nitrogen and oxygen atoms in total. The molecule has 2 N–H and O–H groups in total. The Morgan fingerprint density at radius 3 is 2.56 bits per heavy atom. The number of hydrogen-bond donors (Lipinski definition) is 2. The maximum Gasteiger partial charge on any atom is 0.231 e. The first-order valence-electron chi connectivity index (χ1n) is 8.12. The first kappa shape index (κ1) is 20.4. The van der Waals surface area contributed by atoms with Gasteiger partial charge in [0.25, 0.3) is 0 Å². The van der Waals surface area contributed by atoms with Crippen molar-refractivity contribution >= 4 is 82.3 Å². The molecule has 140 valence electrons. The molecule has 1 amide bonds. The van der Waals surface area contributed by atoms with E-state index in [-0.39, 0.29) is 11.0 Å². The Bertz CT molecular complexity index is 1010. The number of hydrogen-bond acceptors (Lipinski definition) is 4. The highest BCUT2D eigenvalue weighted by atomic mass is 79.9. The molecule has 0 aliphatic heterocycles. The molecule has 1 aromatic heterocycles. The molecule has 0 unspecified atom stereocenters. The average molecular weight is 527 g/mol. The normalized spacial score (nSPS) is 11.4. The van der Waals surface area contributed by atoms with Gasteiger partial charge in [0.15, 0.2) is 5.11 Å². The highest BCUT2D eigenvalue weighted by molar-refractivity contribution is 9.11. The predicted molar refractivity (Wildman–Crippen MR) is 124 cm³/mol. The van der Waals surface area contributed by atoms with Crippen molar-refractivity contribution in [3.05, 3.63) is 45.3 Å². The van der Waals surface area contributed by atoms with Gasteiger partial charge in [-0.1, -0.05) is 48.8 Å². The van der Waals surface area contributed by atoms with Gasteiger partial charge >= 0.3 is 0 Å². The number of thiocarbonyl (C=S) groups is 1. The first-order valence-corrected chi connectivity index (χ1v) is 10.9. The standard InChI is InChI=1S/C19H17Br2N3OS2/c1-19(2,3)17(25)24-18(26)23-15-11(8-10(20)9-12(15)21)16-22-13-6-4-5-7-14(13)27-16/h4-9H,1-3H3,(H2,23,24,25,26). The number of carbonyl (C=O) groups is 1. The fourth-order valence-corrected chi connectivity index (χ4v) is 4.80. The number of rotatable bonds is 2. The summed E-state index contributed by atoms with van der Waals surface area (Å²) in [6, 6.07) is 11.9. The number of anilines is 1. The molecule has 27 heavy (non-hydrogen) atoms. The Kier molecular flexibility index (Phi) is 6.00. The van der Waals surface area contributed by atoms with Crippen molar-refractivity contribution in [2.75, 3.05) is 5.32 Å². The molecule has 2 aromatic carbocycles. The molecule has 0 radical (unpaired) electrons. The first-order chi connectivity index (χ1) is 12.6. The van der Waals surface area contributed by atoms with Crippen LogP contribution in [0.25, 0.3) is 20.8 Å². The van der Waals surface area contributed by atoms with Crippen molar-refractivity contribution in [2.24, 2.45) is 5.41 Å². The van der Waals surface area contributed by atoms with Crippen molar-refractivity contribution in [2.45, 2.75) is 20.8 Å². The average Bonchev–Trinajstić information content (AvgIpc) is 3.00. The van der Waals surface area contributed by atoms with Gasteiger partial charge in [-0.25, -0.2) is 4.98 Å². The van der Waals surface area contributed by atoms with E-state index in [4.69, 9.17) is 17.2 Å². The number of nitrogens with one attached hydrogen (secondary N) is 2. The van der Waals surface area contributed by atoms with Crippen LogP contribution in [-0.2, 0) is 4.79 Å². The summed E-state index contributed by atoms with van der Waals surface area (Å²) < 4.78 is 2.84. The SMILES string of the molecule is CC(C)(C)C(=O)NC(=S)Nc1c(Br)cc(Br)cc1-c1nc2ccccc2s1. The van der Waals surface area contributed by atoms with E-state index in [9.17, 15) is 4.79 Å². The molecular formula is C19H17Br2N3OS2. The summed E-state index contributed by atoms with van der Waals surface area (Å²) in [6.07, 6.45) is 0. The number of nitrogens with zero attached hydrogens (tertiary/aromatic N) is 1. The summed E-state index contributed by atoms with van der Waals surface area (Å²) in [7, 11) is 0. The van der Waals surface area contributed by atoms with Crippen LogP contribution in [0.5, 0.6) is 0 Å². The molecule has 3 aromatic rings. The number of thiazole rings is 1. The van der Waals surface area contributed by atoms with Crippen LogP contribution in [0.4, 0.5) is 5.69 Å². The lowest BCUT2D eigenvalue weighted by Crippen LogP contribution is -2.41. The molecule has 1 heterocycles. The molecule has 0 bridgehead atoms. The van der Waals surface area contributed by atoms with Crippen LogP contribution in [0, 0.1) is 5.41 Å². The van der Waals surface area contributed by atoms with Crippen LogP contribution in [0.2, 0.25) is 0 Å². The van der Waals surface area contributed by atoms with Gasteiger partial charge in [0.2, 0.25) is 5.91 Å². The second-order valence-corrected chi connectivity index (χ2v) is 10.2. The fraction of sp³-hybridized carbons (Fsp3) is 0.211. The van der Waals surface area contributed by atoms with Gasteiger partial charge < -0.3 is 10.6 Å². The number of fused-ring (bicyclic) bond motifs is 1. The number of halogens is 2. The third-order valence-corrected chi connectivity index (χ3v) is 6.08. The molecular weight excluding hydrogens is 510 g/mol. The van der Waals surface area contributed by atoms with Crippen LogP contribution in [0.3, 0.4) is 0 Å². The Labute approximate surface area is 184 Å². The van der Waals surface area contributed by atoms with Crippen LogP contribution in [0.15, 0.2) is 45.3 Å². The molecule has 3 rings (SSSR count). The summed E-state index contributed by atoms with van der Waals surface area (Å²) in [6.45, 7) is 5.52. The van der Waals surface area contributed by atoms with E-state index in [0.29, 0.717) is 0 Å². The van der Waals surface area contributed by atoms with Crippen molar-refractivity contribution in [3.63, 3.8) is 0 Å². The lowest BCUT2D eigenvalue weighted by atomic mass is 9.96. The molecule has 8 heteroatoms. The van der Waals surface area contributed by atoms with Gasteiger partial charge in [-0.2, -0.15) is 0 Å². The summed E-state index contributed by atoms with van der Waals surface area (Å²) >= 11 is 14.1. The van der Waals surface area contributed by atoms with Crippen molar-refractivity contribution in [3.8, 4) is 10.6 Å². The number of carbonyl (C=O) groups excluding carboxylic acids is 1. The van der Waals surface area contributed by atoms with Crippen molar-refractivity contribution < 1.29 is 4.79 Å². The molecule has 0 saturated carbocycles. The summed E-state index contributed by atoms with van der Waals surface area (Å²) in [5.74, 6) is -0.144. The molecule has 0 saturated heterocycles. The lowest BCUT2D eigenvalue weighted by molar-refractivity contribution is -0.126. The van der Waals surface area contributed by atoms with Crippen molar-refractivity contribution in [1.82, 2.24) is 10.3 Å².